The summed E-state index contributed by atoms with van der Waals surface area (Å²) in [7, 11) is 1.49. The second kappa shape index (κ2) is 5.87. The van der Waals surface area contributed by atoms with Crippen molar-refractivity contribution in [3.05, 3.63) is 15.8 Å². The van der Waals surface area contributed by atoms with Crippen LogP contribution in [0.15, 0.2) is 0 Å². The maximum atomic E-state index is 11.9. The van der Waals surface area contributed by atoms with Crippen LogP contribution in [-0.2, 0) is 9.53 Å². The van der Waals surface area contributed by atoms with E-state index in [0.717, 1.165) is 0 Å². The molecule has 2 heterocycles. The minimum absolute atomic E-state index is 0.0434. The lowest BCUT2D eigenvalue weighted by atomic mass is 10.2. The van der Waals surface area contributed by atoms with Crippen LogP contribution in [0.5, 0.6) is 0 Å². The normalized spacial score (nSPS) is 18.4. The van der Waals surface area contributed by atoms with Crippen molar-refractivity contribution in [2.75, 3.05) is 37.4 Å². The first-order chi connectivity index (χ1) is 9.95. The minimum Gasteiger partial charge on any atom is -0.377 e. The number of ether oxygens (including phenoxy) is 1. The van der Waals surface area contributed by atoms with Gasteiger partial charge in [0.15, 0.2) is 0 Å². The molecule has 1 atom stereocenters. The zero-order valence-corrected chi connectivity index (χ0v) is 11.7. The number of carbonyl (C=O) groups excluding carboxylic acids is 1. The van der Waals surface area contributed by atoms with Crippen molar-refractivity contribution in [2.24, 2.45) is 0 Å². The van der Waals surface area contributed by atoms with Crippen LogP contribution in [0.4, 0.5) is 17.5 Å². The first-order valence-corrected chi connectivity index (χ1v) is 6.30. The largest absolute Gasteiger partial charge is 0.377 e. The summed E-state index contributed by atoms with van der Waals surface area (Å²) in [4.78, 5) is 31.9. The second-order valence-electron chi connectivity index (χ2n) is 4.49. The van der Waals surface area contributed by atoms with Gasteiger partial charge in [0.1, 0.15) is 11.7 Å². The lowest BCUT2D eigenvalue weighted by molar-refractivity contribution is -0.385. The number of anilines is 2. The Labute approximate surface area is 120 Å². The molecule has 1 aromatic heterocycles. The van der Waals surface area contributed by atoms with Gasteiger partial charge in [0.2, 0.25) is 17.7 Å². The van der Waals surface area contributed by atoms with Crippen LogP contribution in [0.25, 0.3) is 0 Å². The van der Waals surface area contributed by atoms with Crippen LogP contribution in [0.3, 0.4) is 0 Å². The molecule has 21 heavy (non-hydrogen) atoms. The summed E-state index contributed by atoms with van der Waals surface area (Å²) in [6, 6.07) is -0.698. The van der Waals surface area contributed by atoms with Crippen molar-refractivity contribution in [2.45, 2.75) is 13.0 Å². The van der Waals surface area contributed by atoms with Gasteiger partial charge < -0.3 is 20.7 Å². The number of nitrogens with zero attached hydrogens (tertiary/aromatic N) is 4. The fourth-order valence-corrected chi connectivity index (χ4v) is 2.23. The lowest BCUT2D eigenvalue weighted by Gasteiger charge is -2.34. The standard InChI is InChI=1S/C11H16N6O4/c1-6-8(17(19)20)9(15-11(12)14-6)16-3-4-21-5-7(16)10(18)13-2/h7H,3-5H2,1-2H3,(H,13,18)(H2,12,14,15). The maximum Gasteiger partial charge on any atom is 0.332 e. The third-order valence-corrected chi connectivity index (χ3v) is 3.19. The molecule has 0 saturated carbocycles. The van der Waals surface area contributed by atoms with Crippen LogP contribution in [0.2, 0.25) is 0 Å². The molecule has 10 heteroatoms. The fourth-order valence-electron chi connectivity index (χ4n) is 2.23. The number of carbonyl (C=O) groups is 1. The summed E-state index contributed by atoms with van der Waals surface area (Å²) in [5.74, 6) is -0.337. The smallest absolute Gasteiger partial charge is 0.332 e. The highest BCUT2D eigenvalue weighted by molar-refractivity contribution is 5.86. The zero-order chi connectivity index (χ0) is 15.6. The highest BCUT2D eigenvalue weighted by Crippen LogP contribution is 2.31. The van der Waals surface area contributed by atoms with Gasteiger partial charge in [-0.15, -0.1) is 0 Å². The first-order valence-electron chi connectivity index (χ1n) is 6.30. The number of hydrogen-bond donors (Lipinski definition) is 2. The number of nitrogens with one attached hydrogen (secondary N) is 1. The lowest BCUT2D eigenvalue weighted by Crippen LogP contribution is -2.54. The number of nitro groups is 1. The quantitative estimate of drug-likeness (QED) is 0.548. The van der Waals surface area contributed by atoms with E-state index in [2.05, 4.69) is 15.3 Å². The van der Waals surface area contributed by atoms with Crippen LogP contribution < -0.4 is 16.0 Å². The van der Waals surface area contributed by atoms with Crippen LogP contribution in [-0.4, -0.2) is 53.6 Å². The highest BCUT2D eigenvalue weighted by Gasteiger charge is 2.35. The molecule has 0 aliphatic carbocycles. The van der Waals surface area contributed by atoms with Crippen LogP contribution in [0.1, 0.15) is 5.69 Å². The average Bonchev–Trinajstić information content (AvgIpc) is 2.45. The molecule has 1 aliphatic heterocycles. The van der Waals surface area contributed by atoms with Gasteiger partial charge >= 0.3 is 5.69 Å². The Kier molecular flexibility index (Phi) is 4.17. The average molecular weight is 296 g/mol. The zero-order valence-electron chi connectivity index (χ0n) is 11.7. The van der Waals surface area contributed by atoms with E-state index in [-0.39, 0.29) is 35.7 Å². The van der Waals surface area contributed by atoms with Gasteiger partial charge in [-0.05, 0) is 6.92 Å². The highest BCUT2D eigenvalue weighted by atomic mass is 16.6. The van der Waals surface area contributed by atoms with E-state index < -0.39 is 11.0 Å². The molecule has 10 nitrogen and oxygen atoms in total. The molecule has 1 unspecified atom stereocenters. The van der Waals surface area contributed by atoms with Crippen molar-refractivity contribution in [1.82, 2.24) is 15.3 Å². The monoisotopic (exact) mass is 296 g/mol. The van der Waals surface area contributed by atoms with Crippen LogP contribution >= 0.6 is 0 Å². The number of nitrogens with two attached hydrogens (primary N) is 1. The van der Waals surface area contributed by atoms with Gasteiger partial charge in [0, 0.05) is 13.6 Å². The first kappa shape index (κ1) is 14.9. The number of nitrogen functional groups attached to an aromatic ring is 1. The van der Waals surface area contributed by atoms with Gasteiger partial charge in [0.25, 0.3) is 0 Å². The van der Waals surface area contributed by atoms with Crippen molar-refractivity contribution in [3.8, 4) is 0 Å². The Morgan fingerprint density at radius 1 is 1.57 bits per heavy atom. The number of likely N-dealkylation sites (N-methyl/N-ethyl adjacent to an activating group) is 1. The summed E-state index contributed by atoms with van der Waals surface area (Å²) >= 11 is 0. The molecule has 0 aromatic carbocycles. The van der Waals surface area contributed by atoms with Gasteiger partial charge in [0.05, 0.1) is 18.1 Å². The number of hydrogen-bond acceptors (Lipinski definition) is 8. The summed E-state index contributed by atoms with van der Waals surface area (Å²) in [6.45, 7) is 2.25. The summed E-state index contributed by atoms with van der Waals surface area (Å²) in [6.07, 6.45) is 0. The molecule has 1 amide bonds. The number of amides is 1. The van der Waals surface area contributed by atoms with E-state index in [9.17, 15) is 14.9 Å². The van der Waals surface area contributed by atoms with Crippen molar-refractivity contribution in [3.63, 3.8) is 0 Å². The molecule has 2 rings (SSSR count). The third kappa shape index (κ3) is 2.84. The van der Waals surface area contributed by atoms with E-state index in [1.165, 1.54) is 18.9 Å². The molecular formula is C11H16N6O4. The molecule has 0 radical (unpaired) electrons. The predicted octanol–water partition coefficient (Wildman–Crippen LogP) is -0.773. The maximum absolute atomic E-state index is 11.9. The predicted molar refractivity (Wildman–Crippen MR) is 73.9 cm³/mol. The van der Waals surface area contributed by atoms with E-state index in [0.29, 0.717) is 13.2 Å². The van der Waals surface area contributed by atoms with Crippen LogP contribution in [0, 0.1) is 17.0 Å². The van der Waals surface area contributed by atoms with Gasteiger partial charge in [-0.25, -0.2) is 4.98 Å². The molecular weight excluding hydrogens is 280 g/mol. The fraction of sp³-hybridized carbons (Fsp3) is 0.545. The van der Waals surface area contributed by atoms with Crippen molar-refractivity contribution < 1.29 is 14.5 Å². The third-order valence-electron chi connectivity index (χ3n) is 3.19. The van der Waals surface area contributed by atoms with Gasteiger partial charge in [-0.2, -0.15) is 4.98 Å². The molecule has 1 saturated heterocycles. The number of aromatic nitrogens is 2. The molecule has 1 aliphatic rings. The Hall–Kier alpha value is -2.49. The van der Waals surface area contributed by atoms with Gasteiger partial charge in [-0.3, -0.25) is 14.9 Å². The molecule has 0 bridgehead atoms. The topological polar surface area (TPSA) is 137 Å². The summed E-state index contributed by atoms with van der Waals surface area (Å²) in [5.41, 5.74) is 5.49. The molecule has 1 fully saturated rings. The molecule has 1 aromatic rings. The summed E-state index contributed by atoms with van der Waals surface area (Å²) < 4.78 is 5.27. The van der Waals surface area contributed by atoms with E-state index in [1.54, 1.807) is 0 Å². The Morgan fingerprint density at radius 2 is 2.29 bits per heavy atom. The van der Waals surface area contributed by atoms with E-state index in [1.807, 2.05) is 0 Å². The second-order valence-corrected chi connectivity index (χ2v) is 4.49. The Balaban J connectivity index is 2.52. The number of aryl methyl sites for hydroxylation is 1. The van der Waals surface area contributed by atoms with Crippen molar-refractivity contribution >= 4 is 23.4 Å². The molecule has 0 spiro atoms. The minimum atomic E-state index is -0.698. The van der Waals surface area contributed by atoms with E-state index >= 15 is 0 Å². The molecule has 114 valence electrons. The number of rotatable bonds is 3. The number of morpholine rings is 1. The summed E-state index contributed by atoms with van der Waals surface area (Å²) in [5, 5.41) is 13.8. The SMILES string of the molecule is CNC(=O)C1COCCN1c1nc(N)nc(C)c1[N+](=O)[O-]. The molecule has 3 N–H and O–H groups in total. The Morgan fingerprint density at radius 3 is 2.90 bits per heavy atom. The van der Waals surface area contributed by atoms with Gasteiger partial charge in [-0.1, -0.05) is 0 Å². The van der Waals surface area contributed by atoms with Crippen molar-refractivity contribution in [1.29, 1.82) is 0 Å². The van der Waals surface area contributed by atoms with E-state index in [4.69, 9.17) is 10.5 Å². The Bertz CT molecular complexity index is 578.